The Morgan fingerprint density at radius 2 is 1.96 bits per heavy atom. The van der Waals surface area contributed by atoms with Crippen molar-refractivity contribution in [1.82, 2.24) is 14.5 Å². The van der Waals surface area contributed by atoms with Crippen LogP contribution >= 0.6 is 15.9 Å². The summed E-state index contributed by atoms with van der Waals surface area (Å²) in [5.74, 6) is 0.803. The number of hydrogen-bond donors (Lipinski definition) is 2. The maximum atomic E-state index is 12.6. The SMILES string of the molecule is Cc1nccn1Cc1ccc(NC(=O)c2[nH]c3ccccc3c2Br)cc1. The van der Waals surface area contributed by atoms with Crippen LogP contribution in [0.1, 0.15) is 21.9 Å². The fourth-order valence-electron chi connectivity index (χ4n) is 2.92. The van der Waals surface area contributed by atoms with Crippen molar-refractivity contribution in [2.45, 2.75) is 13.5 Å². The summed E-state index contributed by atoms with van der Waals surface area (Å²) in [6.45, 7) is 2.74. The lowest BCUT2D eigenvalue weighted by atomic mass is 10.2. The van der Waals surface area contributed by atoms with Gasteiger partial charge in [-0.15, -0.1) is 0 Å². The van der Waals surface area contributed by atoms with Gasteiger partial charge < -0.3 is 14.9 Å². The fraction of sp³-hybridized carbons (Fsp3) is 0.100. The topological polar surface area (TPSA) is 62.7 Å². The molecule has 0 unspecified atom stereocenters. The lowest BCUT2D eigenvalue weighted by Gasteiger charge is -2.08. The van der Waals surface area contributed by atoms with Gasteiger partial charge in [-0.05, 0) is 46.6 Å². The van der Waals surface area contributed by atoms with Crippen LogP contribution in [0.25, 0.3) is 10.9 Å². The minimum absolute atomic E-state index is 0.175. The van der Waals surface area contributed by atoms with Gasteiger partial charge >= 0.3 is 0 Å². The number of aromatic amines is 1. The highest BCUT2D eigenvalue weighted by Gasteiger charge is 2.15. The number of aryl methyl sites for hydroxylation is 1. The summed E-state index contributed by atoms with van der Waals surface area (Å²) in [4.78, 5) is 20.0. The summed E-state index contributed by atoms with van der Waals surface area (Å²) < 4.78 is 2.85. The molecular formula is C20H17BrN4O. The molecule has 0 radical (unpaired) electrons. The van der Waals surface area contributed by atoms with Gasteiger partial charge in [0.05, 0.1) is 4.47 Å². The van der Waals surface area contributed by atoms with E-state index >= 15 is 0 Å². The predicted molar refractivity (Wildman–Crippen MR) is 106 cm³/mol. The molecule has 0 aliphatic carbocycles. The maximum absolute atomic E-state index is 12.6. The van der Waals surface area contributed by atoms with Crippen LogP contribution in [0.2, 0.25) is 0 Å². The number of fused-ring (bicyclic) bond motifs is 1. The molecule has 0 spiro atoms. The summed E-state index contributed by atoms with van der Waals surface area (Å²) >= 11 is 3.52. The summed E-state index contributed by atoms with van der Waals surface area (Å²) in [5.41, 5.74) is 3.35. The molecule has 6 heteroatoms. The zero-order valence-corrected chi connectivity index (χ0v) is 15.7. The van der Waals surface area contributed by atoms with Gasteiger partial charge in [0.1, 0.15) is 11.5 Å². The van der Waals surface area contributed by atoms with Gasteiger partial charge in [-0.1, -0.05) is 30.3 Å². The number of H-pyrrole nitrogens is 1. The maximum Gasteiger partial charge on any atom is 0.273 e. The highest BCUT2D eigenvalue weighted by atomic mass is 79.9. The average Bonchev–Trinajstić information content (AvgIpc) is 3.20. The van der Waals surface area contributed by atoms with Crippen molar-refractivity contribution in [3.8, 4) is 0 Å². The Labute approximate surface area is 159 Å². The molecule has 2 aromatic heterocycles. The average molecular weight is 409 g/mol. The second-order valence-electron chi connectivity index (χ2n) is 6.11. The third-order valence-corrected chi connectivity index (χ3v) is 5.18. The van der Waals surface area contributed by atoms with Gasteiger partial charge in [-0.3, -0.25) is 4.79 Å². The molecule has 0 saturated carbocycles. The zero-order chi connectivity index (χ0) is 18.1. The molecule has 2 heterocycles. The second kappa shape index (κ2) is 6.80. The van der Waals surface area contributed by atoms with E-state index in [2.05, 4.69) is 35.8 Å². The van der Waals surface area contributed by atoms with Crippen LogP contribution in [0.15, 0.2) is 65.4 Å². The Morgan fingerprint density at radius 1 is 1.19 bits per heavy atom. The van der Waals surface area contributed by atoms with Crippen LogP contribution in [-0.2, 0) is 6.54 Å². The number of carbonyl (C=O) groups is 1. The highest BCUT2D eigenvalue weighted by Crippen LogP contribution is 2.28. The molecule has 2 aromatic carbocycles. The number of aromatic nitrogens is 3. The van der Waals surface area contributed by atoms with Crippen LogP contribution in [0.4, 0.5) is 5.69 Å². The first kappa shape index (κ1) is 16.6. The molecule has 0 atom stereocenters. The number of rotatable bonds is 4. The van der Waals surface area contributed by atoms with Crippen molar-refractivity contribution in [3.63, 3.8) is 0 Å². The molecule has 5 nitrogen and oxygen atoms in total. The summed E-state index contributed by atoms with van der Waals surface area (Å²) in [6.07, 6.45) is 3.75. The number of imidazole rings is 1. The zero-order valence-electron chi connectivity index (χ0n) is 14.2. The standard InChI is InChI=1S/C20H17BrN4O/c1-13-22-10-11-25(13)12-14-6-8-15(9-7-14)23-20(26)19-18(21)16-4-2-3-5-17(16)24-19/h2-11,24H,12H2,1H3,(H,23,26). The summed E-state index contributed by atoms with van der Waals surface area (Å²) in [7, 11) is 0. The summed E-state index contributed by atoms with van der Waals surface area (Å²) in [5, 5.41) is 3.93. The summed E-state index contributed by atoms with van der Waals surface area (Å²) in [6, 6.07) is 15.6. The fourth-order valence-corrected chi connectivity index (χ4v) is 3.54. The number of amides is 1. The molecule has 0 fully saturated rings. The minimum atomic E-state index is -0.175. The van der Waals surface area contributed by atoms with Gasteiger partial charge in [-0.2, -0.15) is 0 Å². The molecule has 0 aliphatic heterocycles. The number of benzene rings is 2. The van der Waals surface area contributed by atoms with Gasteiger partial charge in [0, 0.05) is 35.5 Å². The highest BCUT2D eigenvalue weighted by molar-refractivity contribution is 9.10. The quantitative estimate of drug-likeness (QED) is 0.512. The first-order valence-electron chi connectivity index (χ1n) is 8.26. The lowest BCUT2D eigenvalue weighted by Crippen LogP contribution is -2.13. The minimum Gasteiger partial charge on any atom is -0.350 e. The van der Waals surface area contributed by atoms with E-state index in [-0.39, 0.29) is 5.91 Å². The van der Waals surface area contributed by atoms with Crippen LogP contribution in [0, 0.1) is 6.92 Å². The first-order chi connectivity index (χ1) is 12.6. The van der Waals surface area contributed by atoms with Crippen molar-refractivity contribution >= 4 is 38.4 Å². The predicted octanol–water partition coefficient (Wildman–Crippen LogP) is 4.74. The van der Waals surface area contributed by atoms with Gasteiger partial charge in [0.25, 0.3) is 5.91 Å². The Balaban J connectivity index is 1.50. The molecule has 0 bridgehead atoms. The largest absolute Gasteiger partial charge is 0.350 e. The molecule has 130 valence electrons. The van der Waals surface area contributed by atoms with E-state index in [1.807, 2.05) is 61.7 Å². The molecule has 1 amide bonds. The van der Waals surface area contributed by atoms with E-state index in [9.17, 15) is 4.79 Å². The molecule has 4 rings (SSSR count). The van der Waals surface area contributed by atoms with Crippen molar-refractivity contribution in [2.24, 2.45) is 0 Å². The van der Waals surface area contributed by atoms with E-state index in [1.165, 1.54) is 0 Å². The Bertz CT molecular complexity index is 1080. The van der Waals surface area contributed by atoms with Crippen molar-refractivity contribution in [3.05, 3.63) is 82.5 Å². The van der Waals surface area contributed by atoms with E-state index in [0.717, 1.165) is 39.0 Å². The Morgan fingerprint density at radius 3 is 2.65 bits per heavy atom. The molecule has 0 saturated heterocycles. The smallest absolute Gasteiger partial charge is 0.273 e. The normalized spacial score (nSPS) is 11.0. The number of nitrogens with zero attached hydrogens (tertiary/aromatic N) is 2. The third kappa shape index (κ3) is 3.15. The van der Waals surface area contributed by atoms with Crippen molar-refractivity contribution in [1.29, 1.82) is 0 Å². The van der Waals surface area contributed by atoms with Gasteiger partial charge in [-0.25, -0.2) is 4.98 Å². The van der Waals surface area contributed by atoms with E-state index in [1.54, 1.807) is 6.20 Å². The van der Waals surface area contributed by atoms with Crippen LogP contribution in [0.5, 0.6) is 0 Å². The van der Waals surface area contributed by atoms with E-state index < -0.39 is 0 Å². The second-order valence-corrected chi connectivity index (χ2v) is 6.91. The van der Waals surface area contributed by atoms with Crippen molar-refractivity contribution in [2.75, 3.05) is 5.32 Å². The van der Waals surface area contributed by atoms with Crippen molar-refractivity contribution < 1.29 is 4.79 Å². The Hall–Kier alpha value is -2.86. The van der Waals surface area contributed by atoms with E-state index in [0.29, 0.717) is 5.69 Å². The van der Waals surface area contributed by atoms with Gasteiger partial charge in [0.2, 0.25) is 0 Å². The number of anilines is 1. The number of halogens is 1. The van der Waals surface area contributed by atoms with E-state index in [4.69, 9.17) is 0 Å². The number of nitrogens with one attached hydrogen (secondary N) is 2. The Kier molecular flexibility index (Phi) is 4.34. The molecular weight excluding hydrogens is 392 g/mol. The van der Waals surface area contributed by atoms with Crippen LogP contribution in [-0.4, -0.2) is 20.4 Å². The number of hydrogen-bond acceptors (Lipinski definition) is 2. The van der Waals surface area contributed by atoms with Gasteiger partial charge in [0.15, 0.2) is 0 Å². The molecule has 4 aromatic rings. The monoisotopic (exact) mass is 408 g/mol. The van der Waals surface area contributed by atoms with Crippen LogP contribution < -0.4 is 5.32 Å². The number of para-hydroxylation sites is 1. The molecule has 26 heavy (non-hydrogen) atoms. The third-order valence-electron chi connectivity index (χ3n) is 4.36. The number of carbonyl (C=O) groups excluding carboxylic acids is 1. The molecule has 0 aliphatic rings. The first-order valence-corrected chi connectivity index (χ1v) is 9.05. The van der Waals surface area contributed by atoms with Crippen LogP contribution in [0.3, 0.4) is 0 Å². The molecule has 2 N–H and O–H groups in total. The lowest BCUT2D eigenvalue weighted by molar-refractivity contribution is 0.102.